The second-order valence-electron chi connectivity index (χ2n) is 3.84. The number of nitrogens with one attached hydrogen (secondary N) is 1. The number of rotatable bonds is 6. The first-order chi connectivity index (χ1) is 7.77. The third-order valence-corrected chi connectivity index (χ3v) is 2.52. The first kappa shape index (κ1) is 12.8. The quantitative estimate of drug-likeness (QED) is 0.715. The van der Waals surface area contributed by atoms with Crippen LogP contribution >= 0.6 is 0 Å². The summed E-state index contributed by atoms with van der Waals surface area (Å²) >= 11 is 0. The lowest BCUT2D eigenvalue weighted by Gasteiger charge is -2.16. The van der Waals surface area contributed by atoms with E-state index in [1.54, 1.807) is 0 Å². The average Bonchev–Trinajstić information content (AvgIpc) is 2.35. The van der Waals surface area contributed by atoms with E-state index < -0.39 is 6.10 Å². The number of aliphatic hydroxyl groups excluding tert-OH is 1. The van der Waals surface area contributed by atoms with Crippen LogP contribution in [0.3, 0.4) is 0 Å². The summed E-state index contributed by atoms with van der Waals surface area (Å²) in [4.78, 5) is 0. The lowest BCUT2D eigenvalue weighted by Crippen LogP contribution is -2.31. The summed E-state index contributed by atoms with van der Waals surface area (Å²) in [6.07, 6.45) is 6.89. The van der Waals surface area contributed by atoms with E-state index in [-0.39, 0.29) is 6.04 Å². The minimum atomic E-state index is -0.492. The predicted molar refractivity (Wildman–Crippen MR) is 66.9 cm³/mol. The molecule has 1 rings (SSSR count). The van der Waals surface area contributed by atoms with Crippen molar-refractivity contribution in [3.8, 4) is 12.3 Å². The van der Waals surface area contributed by atoms with Crippen LogP contribution in [0.15, 0.2) is 30.3 Å². The third-order valence-electron chi connectivity index (χ3n) is 2.52. The Morgan fingerprint density at radius 3 is 2.62 bits per heavy atom. The van der Waals surface area contributed by atoms with E-state index in [0.717, 1.165) is 18.4 Å². The summed E-state index contributed by atoms with van der Waals surface area (Å²) in [6.45, 7) is 2.60. The lowest BCUT2D eigenvalue weighted by atomic mass is 10.1. The third kappa shape index (κ3) is 4.06. The van der Waals surface area contributed by atoms with Gasteiger partial charge < -0.3 is 10.4 Å². The van der Waals surface area contributed by atoms with Crippen molar-refractivity contribution in [2.45, 2.75) is 31.9 Å². The minimum absolute atomic E-state index is 0.0587. The van der Waals surface area contributed by atoms with Gasteiger partial charge in [-0.15, -0.1) is 6.42 Å². The van der Waals surface area contributed by atoms with Gasteiger partial charge in [-0.2, -0.15) is 0 Å². The SMILES string of the molecule is C#CC(CCC)NCC(O)c1ccccc1. The van der Waals surface area contributed by atoms with Gasteiger partial charge in [-0.25, -0.2) is 0 Å². The molecule has 2 heteroatoms. The molecule has 0 aliphatic rings. The van der Waals surface area contributed by atoms with E-state index in [1.807, 2.05) is 30.3 Å². The molecule has 86 valence electrons. The van der Waals surface area contributed by atoms with Crippen LogP contribution in [0.5, 0.6) is 0 Å². The van der Waals surface area contributed by atoms with Gasteiger partial charge >= 0.3 is 0 Å². The molecule has 0 aliphatic carbocycles. The Bertz CT molecular complexity index is 328. The highest BCUT2D eigenvalue weighted by Gasteiger charge is 2.09. The molecule has 0 saturated carbocycles. The van der Waals surface area contributed by atoms with Crippen LogP contribution in [0, 0.1) is 12.3 Å². The fourth-order valence-electron chi connectivity index (χ4n) is 1.58. The van der Waals surface area contributed by atoms with E-state index in [9.17, 15) is 5.11 Å². The molecule has 1 aromatic rings. The van der Waals surface area contributed by atoms with Crippen molar-refractivity contribution in [1.29, 1.82) is 0 Å². The van der Waals surface area contributed by atoms with Crippen molar-refractivity contribution in [1.82, 2.24) is 5.32 Å². The minimum Gasteiger partial charge on any atom is -0.387 e. The molecular weight excluding hydrogens is 198 g/mol. The highest BCUT2D eigenvalue weighted by molar-refractivity contribution is 5.17. The van der Waals surface area contributed by atoms with Gasteiger partial charge in [-0.3, -0.25) is 0 Å². The summed E-state index contributed by atoms with van der Waals surface area (Å²) in [5.41, 5.74) is 0.919. The Labute approximate surface area is 97.7 Å². The molecule has 0 aliphatic heterocycles. The molecule has 16 heavy (non-hydrogen) atoms. The molecular formula is C14H19NO. The zero-order valence-corrected chi connectivity index (χ0v) is 9.69. The number of aliphatic hydroxyl groups is 1. The molecule has 2 atom stereocenters. The normalized spacial score (nSPS) is 14.1. The highest BCUT2D eigenvalue weighted by atomic mass is 16.3. The fourth-order valence-corrected chi connectivity index (χ4v) is 1.58. The molecule has 0 saturated heterocycles. The molecule has 2 N–H and O–H groups in total. The Morgan fingerprint density at radius 2 is 2.06 bits per heavy atom. The van der Waals surface area contributed by atoms with Gasteiger partial charge in [0.25, 0.3) is 0 Å². The van der Waals surface area contributed by atoms with Crippen molar-refractivity contribution >= 4 is 0 Å². The van der Waals surface area contributed by atoms with Gasteiger partial charge in [0.05, 0.1) is 12.1 Å². The van der Waals surface area contributed by atoms with Crippen LogP contribution in [0.25, 0.3) is 0 Å². The Kier molecular flexibility index (Phi) is 5.63. The molecule has 0 aromatic heterocycles. The smallest absolute Gasteiger partial charge is 0.0914 e. The average molecular weight is 217 g/mol. The van der Waals surface area contributed by atoms with Crippen molar-refractivity contribution in [2.75, 3.05) is 6.54 Å². The first-order valence-electron chi connectivity index (χ1n) is 5.70. The standard InChI is InChI=1S/C14H19NO/c1-3-8-13(4-2)15-11-14(16)12-9-6-5-7-10-12/h2,5-7,9-10,13-16H,3,8,11H2,1H3. The van der Waals surface area contributed by atoms with E-state index in [0.29, 0.717) is 6.54 Å². The van der Waals surface area contributed by atoms with Gasteiger partial charge in [0.15, 0.2) is 0 Å². The Morgan fingerprint density at radius 1 is 1.38 bits per heavy atom. The van der Waals surface area contributed by atoms with E-state index in [2.05, 4.69) is 18.2 Å². The lowest BCUT2D eigenvalue weighted by molar-refractivity contribution is 0.172. The topological polar surface area (TPSA) is 32.3 Å². The number of hydrogen-bond acceptors (Lipinski definition) is 2. The van der Waals surface area contributed by atoms with Crippen LogP contribution in [0.4, 0.5) is 0 Å². The second kappa shape index (κ2) is 7.05. The van der Waals surface area contributed by atoms with E-state index in [4.69, 9.17) is 6.42 Å². The molecule has 2 unspecified atom stereocenters. The summed E-state index contributed by atoms with van der Waals surface area (Å²) in [5, 5.41) is 13.1. The van der Waals surface area contributed by atoms with Crippen LogP contribution in [0.1, 0.15) is 31.4 Å². The maximum absolute atomic E-state index is 9.90. The Hall–Kier alpha value is -1.30. The maximum atomic E-state index is 9.90. The predicted octanol–water partition coefficient (Wildman–Crippen LogP) is 2.11. The fraction of sp³-hybridized carbons (Fsp3) is 0.429. The number of terminal acetylenes is 1. The highest BCUT2D eigenvalue weighted by Crippen LogP contribution is 2.11. The van der Waals surface area contributed by atoms with Gasteiger partial charge in [-0.05, 0) is 12.0 Å². The summed E-state index contributed by atoms with van der Waals surface area (Å²) < 4.78 is 0. The van der Waals surface area contributed by atoms with Gasteiger partial charge in [0.2, 0.25) is 0 Å². The molecule has 2 nitrogen and oxygen atoms in total. The zero-order valence-electron chi connectivity index (χ0n) is 9.69. The molecule has 0 amide bonds. The largest absolute Gasteiger partial charge is 0.387 e. The van der Waals surface area contributed by atoms with Crippen molar-refractivity contribution < 1.29 is 5.11 Å². The van der Waals surface area contributed by atoms with Gasteiger partial charge in [0.1, 0.15) is 0 Å². The van der Waals surface area contributed by atoms with Crippen molar-refractivity contribution in [3.05, 3.63) is 35.9 Å². The van der Waals surface area contributed by atoms with E-state index in [1.165, 1.54) is 0 Å². The van der Waals surface area contributed by atoms with Gasteiger partial charge in [-0.1, -0.05) is 49.6 Å². The molecule has 0 spiro atoms. The van der Waals surface area contributed by atoms with Crippen molar-refractivity contribution in [2.24, 2.45) is 0 Å². The zero-order chi connectivity index (χ0) is 11.8. The van der Waals surface area contributed by atoms with E-state index >= 15 is 0 Å². The monoisotopic (exact) mass is 217 g/mol. The molecule has 1 aromatic carbocycles. The molecule has 0 fully saturated rings. The van der Waals surface area contributed by atoms with Gasteiger partial charge in [0, 0.05) is 6.54 Å². The summed E-state index contributed by atoms with van der Waals surface area (Å²) in [6, 6.07) is 9.66. The summed E-state index contributed by atoms with van der Waals surface area (Å²) in [5.74, 6) is 2.69. The molecule has 0 radical (unpaired) electrons. The Balaban J connectivity index is 2.41. The maximum Gasteiger partial charge on any atom is 0.0914 e. The van der Waals surface area contributed by atoms with Crippen molar-refractivity contribution in [3.63, 3.8) is 0 Å². The number of benzene rings is 1. The van der Waals surface area contributed by atoms with Crippen LogP contribution in [-0.4, -0.2) is 17.7 Å². The summed E-state index contributed by atoms with van der Waals surface area (Å²) in [7, 11) is 0. The van der Waals surface area contributed by atoms with Crippen LogP contribution in [0.2, 0.25) is 0 Å². The number of hydrogen-bond donors (Lipinski definition) is 2. The van der Waals surface area contributed by atoms with Crippen LogP contribution < -0.4 is 5.32 Å². The second-order valence-corrected chi connectivity index (χ2v) is 3.84. The molecule has 0 heterocycles. The molecule has 0 bridgehead atoms. The first-order valence-corrected chi connectivity index (χ1v) is 5.70. The van der Waals surface area contributed by atoms with Crippen LogP contribution in [-0.2, 0) is 0 Å².